The maximum Gasteiger partial charge on any atom is 0.224 e. The average Bonchev–Trinajstić information content (AvgIpc) is 3.45. The number of hydrogen-bond acceptors (Lipinski definition) is 4. The van der Waals surface area contributed by atoms with Crippen LogP contribution in [0.3, 0.4) is 0 Å². The van der Waals surface area contributed by atoms with Crippen molar-refractivity contribution in [3.63, 3.8) is 0 Å². The second-order valence-electron chi connectivity index (χ2n) is 6.77. The summed E-state index contributed by atoms with van der Waals surface area (Å²) in [5.41, 5.74) is 3.47. The SMILES string of the molecule is O=C(CCc1csc(-c2ccccc2)n1)Nc1ccc(C(=O)C2CC2)cc1. The van der Waals surface area contributed by atoms with Gasteiger partial charge in [0, 0.05) is 34.5 Å². The lowest BCUT2D eigenvalue weighted by atomic mass is 10.1. The van der Waals surface area contributed by atoms with Crippen molar-refractivity contribution in [3.8, 4) is 10.6 Å². The lowest BCUT2D eigenvalue weighted by Crippen LogP contribution is -2.12. The molecule has 1 fully saturated rings. The summed E-state index contributed by atoms with van der Waals surface area (Å²) in [5, 5.41) is 5.87. The molecule has 1 amide bonds. The molecule has 1 aromatic heterocycles. The van der Waals surface area contributed by atoms with E-state index in [0.29, 0.717) is 12.8 Å². The van der Waals surface area contributed by atoms with Crippen LogP contribution in [0.5, 0.6) is 0 Å². The van der Waals surface area contributed by atoms with Crippen molar-refractivity contribution < 1.29 is 9.59 Å². The molecular weight excluding hydrogens is 356 g/mol. The number of nitrogens with one attached hydrogen (secondary N) is 1. The van der Waals surface area contributed by atoms with E-state index in [-0.39, 0.29) is 17.6 Å². The summed E-state index contributed by atoms with van der Waals surface area (Å²) in [5.74, 6) is 0.375. The molecule has 1 aliphatic rings. The first kappa shape index (κ1) is 17.6. The number of carbonyl (C=O) groups excluding carboxylic acids is 2. The van der Waals surface area contributed by atoms with Crippen LogP contribution in [-0.2, 0) is 11.2 Å². The number of benzene rings is 2. The molecule has 1 aliphatic carbocycles. The third-order valence-corrected chi connectivity index (χ3v) is 5.52. The van der Waals surface area contributed by atoms with E-state index in [0.717, 1.165) is 40.4 Å². The van der Waals surface area contributed by atoms with Crippen LogP contribution in [0.15, 0.2) is 60.0 Å². The van der Waals surface area contributed by atoms with Gasteiger partial charge in [-0.25, -0.2) is 4.98 Å². The fraction of sp³-hybridized carbons (Fsp3) is 0.227. The lowest BCUT2D eigenvalue weighted by molar-refractivity contribution is -0.116. The van der Waals surface area contributed by atoms with Gasteiger partial charge in [0.15, 0.2) is 5.78 Å². The van der Waals surface area contributed by atoms with Gasteiger partial charge < -0.3 is 5.32 Å². The maximum atomic E-state index is 12.2. The molecule has 4 rings (SSSR count). The number of thiazole rings is 1. The summed E-state index contributed by atoms with van der Waals surface area (Å²) >= 11 is 1.60. The van der Waals surface area contributed by atoms with E-state index in [4.69, 9.17) is 0 Å². The molecule has 1 heterocycles. The summed E-state index contributed by atoms with van der Waals surface area (Å²) in [6.45, 7) is 0. The van der Waals surface area contributed by atoms with Gasteiger partial charge >= 0.3 is 0 Å². The molecule has 0 aliphatic heterocycles. The molecule has 0 radical (unpaired) electrons. The van der Waals surface area contributed by atoms with Crippen LogP contribution < -0.4 is 5.32 Å². The highest BCUT2D eigenvalue weighted by molar-refractivity contribution is 7.13. The van der Waals surface area contributed by atoms with E-state index in [1.807, 2.05) is 35.7 Å². The molecule has 2 aromatic carbocycles. The quantitative estimate of drug-likeness (QED) is 0.592. The zero-order valence-electron chi connectivity index (χ0n) is 14.9. The Hall–Kier alpha value is -2.79. The summed E-state index contributed by atoms with van der Waals surface area (Å²) in [7, 11) is 0. The first-order chi connectivity index (χ1) is 13.2. The number of aryl methyl sites for hydroxylation is 1. The Morgan fingerprint density at radius 3 is 2.48 bits per heavy atom. The van der Waals surface area contributed by atoms with E-state index in [1.54, 1.807) is 35.6 Å². The molecule has 0 bridgehead atoms. The Kier molecular flexibility index (Phi) is 5.12. The number of amides is 1. The molecule has 5 heteroatoms. The van der Waals surface area contributed by atoms with Crippen LogP contribution in [0.2, 0.25) is 0 Å². The average molecular weight is 376 g/mol. The Morgan fingerprint density at radius 1 is 1.04 bits per heavy atom. The summed E-state index contributed by atoms with van der Waals surface area (Å²) in [4.78, 5) is 28.8. The predicted molar refractivity (Wildman–Crippen MR) is 108 cm³/mol. The molecular formula is C22H20N2O2S. The summed E-state index contributed by atoms with van der Waals surface area (Å²) in [6, 6.07) is 17.2. The third-order valence-electron chi connectivity index (χ3n) is 4.58. The van der Waals surface area contributed by atoms with Crippen molar-refractivity contribution in [3.05, 3.63) is 71.2 Å². The van der Waals surface area contributed by atoms with Crippen LogP contribution in [0.4, 0.5) is 5.69 Å². The molecule has 27 heavy (non-hydrogen) atoms. The van der Waals surface area contributed by atoms with E-state index in [1.165, 1.54) is 0 Å². The summed E-state index contributed by atoms with van der Waals surface area (Å²) < 4.78 is 0. The minimum absolute atomic E-state index is 0.0504. The number of anilines is 1. The van der Waals surface area contributed by atoms with Crippen molar-refractivity contribution in [2.75, 3.05) is 5.32 Å². The molecule has 1 N–H and O–H groups in total. The number of aromatic nitrogens is 1. The zero-order valence-corrected chi connectivity index (χ0v) is 15.7. The highest BCUT2D eigenvalue weighted by atomic mass is 32.1. The van der Waals surface area contributed by atoms with Gasteiger partial charge in [0.05, 0.1) is 5.69 Å². The van der Waals surface area contributed by atoms with Crippen LogP contribution in [-0.4, -0.2) is 16.7 Å². The second kappa shape index (κ2) is 7.84. The maximum absolute atomic E-state index is 12.2. The van der Waals surface area contributed by atoms with Gasteiger partial charge in [0.25, 0.3) is 0 Å². The molecule has 136 valence electrons. The van der Waals surface area contributed by atoms with Gasteiger partial charge in [-0.1, -0.05) is 30.3 Å². The van der Waals surface area contributed by atoms with Crippen LogP contribution in [0.25, 0.3) is 10.6 Å². The Morgan fingerprint density at radius 2 is 1.78 bits per heavy atom. The molecule has 0 unspecified atom stereocenters. The number of rotatable bonds is 7. The molecule has 0 atom stereocenters. The van der Waals surface area contributed by atoms with Gasteiger partial charge in [-0.15, -0.1) is 11.3 Å². The van der Waals surface area contributed by atoms with Gasteiger partial charge in [0.1, 0.15) is 5.01 Å². The van der Waals surface area contributed by atoms with Crippen molar-refractivity contribution in [2.45, 2.75) is 25.7 Å². The molecule has 0 saturated heterocycles. The predicted octanol–water partition coefficient (Wildman–Crippen LogP) is 4.97. The molecule has 3 aromatic rings. The number of carbonyl (C=O) groups is 2. The van der Waals surface area contributed by atoms with Gasteiger partial charge in [-0.05, 0) is 43.5 Å². The number of Topliss-reactive ketones (excluding diaryl/α,β-unsaturated/α-hetero) is 1. The van der Waals surface area contributed by atoms with Gasteiger partial charge in [-0.3, -0.25) is 9.59 Å². The van der Waals surface area contributed by atoms with Crippen LogP contribution in [0, 0.1) is 5.92 Å². The fourth-order valence-corrected chi connectivity index (χ4v) is 3.76. The van der Waals surface area contributed by atoms with Crippen LogP contribution in [0.1, 0.15) is 35.3 Å². The fourth-order valence-electron chi connectivity index (χ4n) is 2.90. The van der Waals surface area contributed by atoms with Gasteiger partial charge in [-0.2, -0.15) is 0 Å². The molecule has 4 nitrogen and oxygen atoms in total. The lowest BCUT2D eigenvalue weighted by Gasteiger charge is -2.06. The second-order valence-corrected chi connectivity index (χ2v) is 7.63. The third kappa shape index (κ3) is 4.49. The first-order valence-electron chi connectivity index (χ1n) is 9.13. The van der Waals surface area contributed by atoms with Crippen LogP contribution >= 0.6 is 11.3 Å². The number of ketones is 1. The van der Waals surface area contributed by atoms with Crippen molar-refractivity contribution in [1.29, 1.82) is 0 Å². The van der Waals surface area contributed by atoms with Crippen molar-refractivity contribution in [1.82, 2.24) is 4.98 Å². The monoisotopic (exact) mass is 376 g/mol. The van der Waals surface area contributed by atoms with Gasteiger partial charge in [0.2, 0.25) is 5.91 Å². The van der Waals surface area contributed by atoms with E-state index < -0.39 is 0 Å². The highest BCUT2D eigenvalue weighted by Crippen LogP contribution is 2.32. The highest BCUT2D eigenvalue weighted by Gasteiger charge is 2.30. The minimum Gasteiger partial charge on any atom is -0.326 e. The van der Waals surface area contributed by atoms with Crippen molar-refractivity contribution in [2.24, 2.45) is 5.92 Å². The number of hydrogen-bond donors (Lipinski definition) is 1. The Bertz CT molecular complexity index is 944. The topological polar surface area (TPSA) is 59.1 Å². The normalized spacial score (nSPS) is 13.3. The molecule has 1 saturated carbocycles. The largest absolute Gasteiger partial charge is 0.326 e. The first-order valence-corrected chi connectivity index (χ1v) is 10.0. The summed E-state index contributed by atoms with van der Waals surface area (Å²) in [6.07, 6.45) is 2.98. The van der Waals surface area contributed by atoms with E-state index in [9.17, 15) is 9.59 Å². The van der Waals surface area contributed by atoms with E-state index in [2.05, 4.69) is 10.3 Å². The molecule has 0 spiro atoms. The van der Waals surface area contributed by atoms with Crippen molar-refractivity contribution >= 4 is 28.7 Å². The minimum atomic E-state index is -0.0504. The number of nitrogens with zero attached hydrogens (tertiary/aromatic N) is 1. The standard InChI is InChI=1S/C22H20N2O2S/c25-20(23-18-10-8-16(9-11-18)21(26)15-6-7-15)13-12-19-14-27-22(24-19)17-4-2-1-3-5-17/h1-5,8-11,14-15H,6-7,12-13H2,(H,23,25). The van der Waals surface area contributed by atoms with E-state index >= 15 is 0 Å². The smallest absolute Gasteiger partial charge is 0.224 e. The Labute approximate surface area is 162 Å². The zero-order chi connectivity index (χ0) is 18.6. The Balaban J connectivity index is 1.29.